The Morgan fingerprint density at radius 2 is 2.25 bits per heavy atom. The molecule has 1 aliphatic rings. The molecule has 5 heteroatoms. The number of fused-ring (bicyclic) bond motifs is 1. The minimum atomic E-state index is -0.314. The molecule has 0 unspecified atom stereocenters. The molecule has 0 bridgehead atoms. The molecule has 0 radical (unpaired) electrons. The summed E-state index contributed by atoms with van der Waals surface area (Å²) in [4.78, 5) is 18.4. The molecular weight excluding hydrogens is 156 g/mol. The van der Waals surface area contributed by atoms with E-state index in [1.165, 1.54) is 6.20 Å². The van der Waals surface area contributed by atoms with Crippen LogP contribution in [0.3, 0.4) is 0 Å². The molecule has 0 saturated heterocycles. The average molecular weight is 164 g/mol. The van der Waals surface area contributed by atoms with Gasteiger partial charge in [-0.05, 0) is 0 Å². The van der Waals surface area contributed by atoms with Crippen LogP contribution in [0.25, 0.3) is 0 Å². The van der Waals surface area contributed by atoms with E-state index in [0.29, 0.717) is 13.2 Å². The van der Waals surface area contributed by atoms with Crippen LogP contribution < -0.4 is 16.2 Å². The lowest BCUT2D eigenvalue weighted by atomic mass is 10.3. The Morgan fingerprint density at radius 3 is 3.17 bits per heavy atom. The van der Waals surface area contributed by atoms with Gasteiger partial charge < -0.3 is 5.32 Å². The van der Waals surface area contributed by atoms with Gasteiger partial charge in [-0.15, -0.1) is 0 Å². The van der Waals surface area contributed by atoms with E-state index in [-0.39, 0.29) is 5.56 Å². The summed E-state index contributed by atoms with van der Waals surface area (Å²) in [6.45, 7) is 1.38. The summed E-state index contributed by atoms with van der Waals surface area (Å²) in [5.74, 6) is 0.739. The zero-order valence-corrected chi connectivity index (χ0v) is 6.37. The third-order valence-electron chi connectivity index (χ3n) is 1.65. The van der Waals surface area contributed by atoms with E-state index in [1.807, 2.05) is 0 Å². The van der Waals surface area contributed by atoms with Crippen LogP contribution in [0.2, 0.25) is 0 Å². The standard InChI is InChI=1S/C7H8N4O/c12-6-3-10-7-5(2-9-6)1-8-4-11-7/h2-3,8,11H,1,4H2. The molecule has 2 rings (SSSR count). The molecule has 0 aliphatic carbocycles. The lowest BCUT2D eigenvalue weighted by Gasteiger charge is -2.14. The van der Waals surface area contributed by atoms with E-state index < -0.39 is 0 Å². The summed E-state index contributed by atoms with van der Waals surface area (Å²) in [5, 5.41) is 6.09. The average Bonchev–Trinajstić information content (AvgIpc) is 2.29. The van der Waals surface area contributed by atoms with Crippen molar-refractivity contribution >= 4 is 5.82 Å². The lowest BCUT2D eigenvalue weighted by molar-refractivity contribution is 0.703. The second-order valence-corrected chi connectivity index (χ2v) is 2.51. The first-order valence-electron chi connectivity index (χ1n) is 3.66. The molecule has 2 heterocycles. The van der Waals surface area contributed by atoms with Crippen molar-refractivity contribution in [2.45, 2.75) is 6.54 Å². The van der Waals surface area contributed by atoms with Gasteiger partial charge in [0.25, 0.3) is 5.56 Å². The zero-order chi connectivity index (χ0) is 8.39. The van der Waals surface area contributed by atoms with E-state index in [9.17, 15) is 4.79 Å². The summed E-state index contributed by atoms with van der Waals surface area (Å²) in [6.07, 6.45) is 2.76. The Labute approximate surface area is 68.9 Å². The molecule has 62 valence electrons. The van der Waals surface area contributed by atoms with Gasteiger partial charge in [0.15, 0.2) is 0 Å². The highest BCUT2D eigenvalue weighted by atomic mass is 16.1. The number of nitrogens with zero attached hydrogens (tertiary/aromatic N) is 2. The van der Waals surface area contributed by atoms with Crippen molar-refractivity contribution in [3.63, 3.8) is 0 Å². The quantitative estimate of drug-likeness (QED) is 0.531. The molecule has 1 aromatic heterocycles. The second-order valence-electron chi connectivity index (χ2n) is 2.51. The number of rotatable bonds is 0. The fraction of sp³-hybridized carbons (Fsp3) is 0.286. The third-order valence-corrected chi connectivity index (χ3v) is 1.65. The molecular formula is C7H8N4O. The lowest BCUT2D eigenvalue weighted by Crippen LogP contribution is -2.27. The van der Waals surface area contributed by atoms with Crippen LogP contribution in [-0.2, 0) is 6.54 Å². The van der Waals surface area contributed by atoms with Crippen molar-refractivity contribution in [3.8, 4) is 0 Å². The molecule has 0 saturated carbocycles. The molecule has 0 spiro atoms. The van der Waals surface area contributed by atoms with Crippen molar-refractivity contribution in [1.82, 2.24) is 15.3 Å². The Morgan fingerprint density at radius 1 is 1.33 bits per heavy atom. The summed E-state index contributed by atoms with van der Waals surface area (Å²) < 4.78 is 0. The second kappa shape index (κ2) is 2.86. The smallest absolute Gasteiger partial charge is 0.288 e. The maximum Gasteiger partial charge on any atom is 0.288 e. The largest absolute Gasteiger partial charge is 0.357 e. The van der Waals surface area contributed by atoms with Gasteiger partial charge in [0.2, 0.25) is 0 Å². The van der Waals surface area contributed by atoms with E-state index in [4.69, 9.17) is 0 Å². The van der Waals surface area contributed by atoms with Gasteiger partial charge >= 0.3 is 0 Å². The van der Waals surface area contributed by atoms with Gasteiger partial charge in [0, 0.05) is 18.3 Å². The van der Waals surface area contributed by atoms with Crippen molar-refractivity contribution in [2.75, 3.05) is 12.0 Å². The number of anilines is 1. The molecule has 0 atom stereocenters. The fourth-order valence-electron chi connectivity index (χ4n) is 1.07. The molecule has 2 N–H and O–H groups in total. The molecule has 12 heavy (non-hydrogen) atoms. The van der Waals surface area contributed by atoms with Crippen molar-refractivity contribution < 1.29 is 0 Å². The Hall–Kier alpha value is -1.49. The van der Waals surface area contributed by atoms with Gasteiger partial charge in [-0.2, -0.15) is 0 Å². The van der Waals surface area contributed by atoms with Gasteiger partial charge in [-0.3, -0.25) is 10.1 Å². The van der Waals surface area contributed by atoms with E-state index in [0.717, 1.165) is 11.4 Å². The number of hydrogen-bond donors (Lipinski definition) is 2. The predicted molar refractivity (Wildman–Crippen MR) is 43.6 cm³/mol. The Balaban J connectivity index is 2.56. The zero-order valence-electron chi connectivity index (χ0n) is 6.37. The molecule has 0 amide bonds. The van der Waals surface area contributed by atoms with Crippen molar-refractivity contribution in [1.29, 1.82) is 0 Å². The third kappa shape index (κ3) is 1.26. The normalized spacial score (nSPS) is 14.7. The monoisotopic (exact) mass is 164 g/mol. The molecule has 5 nitrogen and oxygen atoms in total. The Kier molecular flexibility index (Phi) is 1.71. The highest BCUT2D eigenvalue weighted by molar-refractivity contribution is 5.43. The van der Waals surface area contributed by atoms with Crippen LogP contribution >= 0.6 is 0 Å². The van der Waals surface area contributed by atoms with Crippen LogP contribution in [0, 0.1) is 0 Å². The minimum Gasteiger partial charge on any atom is -0.357 e. The van der Waals surface area contributed by atoms with Crippen LogP contribution in [0.15, 0.2) is 17.2 Å². The number of hydrogen-bond acceptors (Lipinski definition) is 5. The highest BCUT2D eigenvalue weighted by Gasteiger charge is 2.06. The molecule has 1 aliphatic heterocycles. The van der Waals surface area contributed by atoms with Gasteiger partial charge in [0.1, 0.15) is 5.82 Å². The summed E-state index contributed by atoms with van der Waals surface area (Å²) in [6, 6.07) is 0. The van der Waals surface area contributed by atoms with Gasteiger partial charge in [0.05, 0.1) is 12.9 Å². The first-order valence-corrected chi connectivity index (χ1v) is 3.66. The predicted octanol–water partition coefficient (Wildman–Crippen LogP) is -0.691. The first-order chi connectivity index (χ1) is 5.86. The highest BCUT2D eigenvalue weighted by Crippen LogP contribution is 2.09. The van der Waals surface area contributed by atoms with Crippen LogP contribution in [0.5, 0.6) is 0 Å². The van der Waals surface area contributed by atoms with Crippen molar-refractivity contribution in [3.05, 3.63) is 28.3 Å². The van der Waals surface area contributed by atoms with Gasteiger partial charge in [-0.1, -0.05) is 0 Å². The van der Waals surface area contributed by atoms with E-state index in [2.05, 4.69) is 20.6 Å². The van der Waals surface area contributed by atoms with E-state index >= 15 is 0 Å². The SMILES string of the molecule is O=c1cnc2c(cn1)CNCN2. The Bertz CT molecular complexity index is 320. The van der Waals surface area contributed by atoms with Crippen molar-refractivity contribution in [2.24, 2.45) is 0 Å². The van der Waals surface area contributed by atoms with Crippen LogP contribution in [-0.4, -0.2) is 16.6 Å². The minimum absolute atomic E-state index is 0.314. The fourth-order valence-corrected chi connectivity index (χ4v) is 1.07. The summed E-state index contributed by atoms with van der Waals surface area (Å²) >= 11 is 0. The summed E-state index contributed by atoms with van der Waals surface area (Å²) in [7, 11) is 0. The maximum absolute atomic E-state index is 10.8. The topological polar surface area (TPSA) is 66.9 Å². The molecule has 0 fully saturated rings. The van der Waals surface area contributed by atoms with Gasteiger partial charge in [-0.25, -0.2) is 9.97 Å². The molecule has 1 aromatic rings. The number of nitrogens with one attached hydrogen (secondary N) is 2. The van der Waals surface area contributed by atoms with Crippen LogP contribution in [0.1, 0.15) is 5.56 Å². The van der Waals surface area contributed by atoms with Crippen LogP contribution in [0.4, 0.5) is 5.82 Å². The maximum atomic E-state index is 10.8. The number of aromatic nitrogens is 2. The first kappa shape index (κ1) is 7.17. The molecule has 0 aromatic carbocycles. The van der Waals surface area contributed by atoms with E-state index in [1.54, 1.807) is 6.20 Å². The summed E-state index contributed by atoms with van der Waals surface area (Å²) in [5.41, 5.74) is 0.606.